The van der Waals surface area contributed by atoms with Crippen LogP contribution in [-0.2, 0) is 5.41 Å². The Bertz CT molecular complexity index is 569. The Balaban J connectivity index is 2.78. The standard InChI is InChI=1S/C14H19BrN2O/c1-5-10(18)12-13(14(2,3)4)16-11-7-6-9(15)8-17(11)12/h6-8,10,18H,5H2,1-4H3. The first kappa shape index (κ1) is 13.6. The molecule has 0 radical (unpaired) electrons. The maximum Gasteiger partial charge on any atom is 0.137 e. The quantitative estimate of drug-likeness (QED) is 0.915. The van der Waals surface area contributed by atoms with E-state index in [1.54, 1.807) is 0 Å². The molecule has 2 rings (SSSR count). The third kappa shape index (κ3) is 2.31. The number of fused-ring (bicyclic) bond motifs is 1. The zero-order valence-electron chi connectivity index (χ0n) is 11.2. The Morgan fingerprint density at radius 3 is 2.61 bits per heavy atom. The van der Waals surface area contributed by atoms with Crippen LogP contribution in [-0.4, -0.2) is 14.5 Å². The van der Waals surface area contributed by atoms with Crippen LogP contribution in [0.4, 0.5) is 0 Å². The molecule has 0 saturated heterocycles. The molecule has 4 heteroatoms. The number of aliphatic hydroxyl groups excluding tert-OH is 1. The summed E-state index contributed by atoms with van der Waals surface area (Å²) in [5.74, 6) is 0. The largest absolute Gasteiger partial charge is 0.387 e. The fourth-order valence-electron chi connectivity index (χ4n) is 2.10. The molecule has 2 heterocycles. The Kier molecular flexibility index (Phi) is 3.52. The number of hydrogen-bond donors (Lipinski definition) is 1. The molecule has 1 N–H and O–H groups in total. The van der Waals surface area contributed by atoms with E-state index in [4.69, 9.17) is 0 Å². The topological polar surface area (TPSA) is 37.5 Å². The molecule has 0 amide bonds. The molecule has 2 aromatic rings. The summed E-state index contributed by atoms with van der Waals surface area (Å²) in [4.78, 5) is 4.68. The van der Waals surface area contributed by atoms with Gasteiger partial charge in [-0.1, -0.05) is 27.7 Å². The van der Waals surface area contributed by atoms with Gasteiger partial charge in [-0.15, -0.1) is 0 Å². The van der Waals surface area contributed by atoms with Gasteiger partial charge in [-0.2, -0.15) is 0 Å². The summed E-state index contributed by atoms with van der Waals surface area (Å²) >= 11 is 3.47. The summed E-state index contributed by atoms with van der Waals surface area (Å²) in [6.07, 6.45) is 2.17. The predicted octanol–water partition coefficient (Wildman–Crippen LogP) is 3.84. The fraction of sp³-hybridized carbons (Fsp3) is 0.500. The third-order valence-electron chi connectivity index (χ3n) is 3.03. The molecule has 1 atom stereocenters. The molecular weight excluding hydrogens is 292 g/mol. The van der Waals surface area contributed by atoms with Crippen LogP contribution in [0.5, 0.6) is 0 Å². The lowest BCUT2D eigenvalue weighted by Crippen LogP contribution is -2.16. The Morgan fingerprint density at radius 2 is 2.06 bits per heavy atom. The van der Waals surface area contributed by atoms with Crippen molar-refractivity contribution in [2.45, 2.75) is 45.6 Å². The molecule has 0 fully saturated rings. The molecule has 3 nitrogen and oxygen atoms in total. The summed E-state index contributed by atoms with van der Waals surface area (Å²) in [5, 5.41) is 10.3. The number of pyridine rings is 1. The second-order valence-corrected chi connectivity index (χ2v) is 6.51. The second kappa shape index (κ2) is 4.67. The summed E-state index contributed by atoms with van der Waals surface area (Å²) in [6.45, 7) is 8.34. The van der Waals surface area contributed by atoms with Crippen molar-refractivity contribution in [3.8, 4) is 0 Å². The number of imidazole rings is 1. The normalized spacial score (nSPS) is 14.1. The first-order valence-corrected chi connectivity index (χ1v) is 7.00. The van der Waals surface area contributed by atoms with Crippen molar-refractivity contribution < 1.29 is 5.11 Å². The minimum absolute atomic E-state index is 0.0794. The lowest BCUT2D eigenvalue weighted by Gasteiger charge is -2.20. The van der Waals surface area contributed by atoms with Crippen molar-refractivity contribution in [2.75, 3.05) is 0 Å². The SMILES string of the molecule is CCC(O)c1c(C(C)(C)C)nc2ccc(Br)cn12. The molecule has 98 valence electrons. The van der Waals surface area contributed by atoms with Crippen LogP contribution < -0.4 is 0 Å². The van der Waals surface area contributed by atoms with E-state index >= 15 is 0 Å². The van der Waals surface area contributed by atoms with Crippen molar-refractivity contribution in [1.29, 1.82) is 0 Å². The van der Waals surface area contributed by atoms with Crippen LogP contribution >= 0.6 is 15.9 Å². The average Bonchev–Trinajstić information content (AvgIpc) is 2.66. The van der Waals surface area contributed by atoms with Crippen LogP contribution in [0.25, 0.3) is 5.65 Å². The Labute approximate surface area is 116 Å². The van der Waals surface area contributed by atoms with E-state index in [1.165, 1.54) is 0 Å². The highest BCUT2D eigenvalue weighted by Gasteiger charge is 2.27. The summed E-state index contributed by atoms with van der Waals surface area (Å²) < 4.78 is 2.97. The van der Waals surface area contributed by atoms with Crippen LogP contribution in [0.2, 0.25) is 0 Å². The second-order valence-electron chi connectivity index (χ2n) is 5.60. The highest BCUT2D eigenvalue weighted by Crippen LogP contribution is 2.32. The fourth-order valence-corrected chi connectivity index (χ4v) is 2.44. The van der Waals surface area contributed by atoms with Gasteiger partial charge >= 0.3 is 0 Å². The van der Waals surface area contributed by atoms with E-state index < -0.39 is 6.10 Å². The van der Waals surface area contributed by atoms with Crippen molar-refractivity contribution in [3.05, 3.63) is 34.2 Å². The minimum Gasteiger partial charge on any atom is -0.387 e. The summed E-state index contributed by atoms with van der Waals surface area (Å²) in [7, 11) is 0. The number of rotatable bonds is 2. The molecule has 1 unspecified atom stereocenters. The van der Waals surface area contributed by atoms with E-state index in [-0.39, 0.29) is 5.41 Å². The van der Waals surface area contributed by atoms with Crippen molar-refractivity contribution >= 4 is 21.6 Å². The highest BCUT2D eigenvalue weighted by atomic mass is 79.9. The van der Waals surface area contributed by atoms with E-state index in [1.807, 2.05) is 29.7 Å². The van der Waals surface area contributed by atoms with Gasteiger partial charge in [-0.3, -0.25) is 4.40 Å². The zero-order valence-corrected chi connectivity index (χ0v) is 12.8. The van der Waals surface area contributed by atoms with Gasteiger partial charge in [0.15, 0.2) is 0 Å². The lowest BCUT2D eigenvalue weighted by atomic mass is 9.89. The van der Waals surface area contributed by atoms with Crippen molar-refractivity contribution in [1.82, 2.24) is 9.38 Å². The van der Waals surface area contributed by atoms with Crippen molar-refractivity contribution in [2.24, 2.45) is 0 Å². The summed E-state index contributed by atoms with van der Waals surface area (Å²) in [6, 6.07) is 3.93. The Hall–Kier alpha value is -0.870. The molecule has 0 spiro atoms. The van der Waals surface area contributed by atoms with Gasteiger partial charge in [0.2, 0.25) is 0 Å². The zero-order chi connectivity index (χ0) is 13.5. The molecule has 0 saturated carbocycles. The van der Waals surface area contributed by atoms with Gasteiger partial charge in [0.1, 0.15) is 5.65 Å². The Morgan fingerprint density at radius 1 is 1.39 bits per heavy atom. The summed E-state index contributed by atoms with van der Waals surface area (Å²) in [5.41, 5.74) is 2.67. The van der Waals surface area contributed by atoms with E-state index in [0.717, 1.165) is 21.5 Å². The van der Waals surface area contributed by atoms with Crippen LogP contribution in [0.15, 0.2) is 22.8 Å². The monoisotopic (exact) mass is 310 g/mol. The van der Waals surface area contributed by atoms with Gasteiger partial charge in [0.05, 0.1) is 17.5 Å². The highest BCUT2D eigenvalue weighted by molar-refractivity contribution is 9.10. The smallest absolute Gasteiger partial charge is 0.137 e. The van der Waals surface area contributed by atoms with E-state index in [9.17, 15) is 5.11 Å². The number of nitrogens with zero attached hydrogens (tertiary/aromatic N) is 2. The molecule has 0 aliphatic heterocycles. The van der Waals surface area contributed by atoms with Crippen LogP contribution in [0, 0.1) is 0 Å². The maximum atomic E-state index is 10.3. The van der Waals surface area contributed by atoms with Gasteiger partial charge < -0.3 is 5.11 Å². The lowest BCUT2D eigenvalue weighted by molar-refractivity contribution is 0.165. The maximum absolute atomic E-state index is 10.3. The van der Waals surface area contributed by atoms with Crippen LogP contribution in [0.3, 0.4) is 0 Å². The molecule has 0 aromatic carbocycles. The number of aromatic nitrogens is 2. The molecule has 2 aromatic heterocycles. The van der Waals surface area contributed by atoms with E-state index in [2.05, 4.69) is 41.7 Å². The van der Waals surface area contributed by atoms with Gasteiger partial charge in [-0.25, -0.2) is 4.98 Å². The minimum atomic E-state index is -0.483. The first-order chi connectivity index (χ1) is 8.34. The average molecular weight is 311 g/mol. The predicted molar refractivity (Wildman–Crippen MR) is 76.8 cm³/mol. The molecule has 0 bridgehead atoms. The van der Waals surface area contributed by atoms with Crippen LogP contribution in [0.1, 0.15) is 51.6 Å². The van der Waals surface area contributed by atoms with Gasteiger partial charge in [0, 0.05) is 16.1 Å². The van der Waals surface area contributed by atoms with Gasteiger partial charge in [-0.05, 0) is 34.5 Å². The number of aliphatic hydroxyl groups is 1. The first-order valence-electron chi connectivity index (χ1n) is 6.20. The number of hydrogen-bond acceptors (Lipinski definition) is 2. The molecule has 0 aliphatic carbocycles. The third-order valence-corrected chi connectivity index (χ3v) is 3.50. The molecule has 0 aliphatic rings. The van der Waals surface area contributed by atoms with E-state index in [0.29, 0.717) is 6.42 Å². The van der Waals surface area contributed by atoms with Gasteiger partial charge in [0.25, 0.3) is 0 Å². The molecular formula is C14H19BrN2O. The molecule has 18 heavy (non-hydrogen) atoms. The van der Waals surface area contributed by atoms with Crippen molar-refractivity contribution in [3.63, 3.8) is 0 Å². The number of halogens is 1.